The van der Waals surface area contributed by atoms with E-state index >= 15 is 0 Å². The van der Waals surface area contributed by atoms with Crippen LogP contribution in [0.2, 0.25) is 0 Å². The predicted molar refractivity (Wildman–Crippen MR) is 43.4 cm³/mol. The van der Waals surface area contributed by atoms with Crippen LogP contribution in [0.1, 0.15) is 13.8 Å². The van der Waals surface area contributed by atoms with Gasteiger partial charge in [0.1, 0.15) is 12.6 Å². The van der Waals surface area contributed by atoms with Crippen LogP contribution in [0.4, 0.5) is 0 Å². The molecular formula is C8H18NO+. The summed E-state index contributed by atoms with van der Waals surface area (Å²) in [5.74, 6) is 0. The van der Waals surface area contributed by atoms with Crippen molar-refractivity contribution in [2.75, 3.05) is 20.7 Å². The third-order valence-corrected chi connectivity index (χ3v) is 1.77. The Morgan fingerprint density at radius 2 is 2.00 bits per heavy atom. The van der Waals surface area contributed by atoms with Gasteiger partial charge in [-0.25, -0.2) is 0 Å². The van der Waals surface area contributed by atoms with E-state index in [4.69, 9.17) is 4.84 Å². The minimum atomic E-state index is 0.486. The normalized spacial score (nSPS) is 12.1. The molecule has 60 valence electrons. The quantitative estimate of drug-likeness (QED) is 0.331. The maximum absolute atomic E-state index is 5.46. The Bertz CT molecular complexity index is 108. The largest absolute Gasteiger partial charge is 0.199 e. The van der Waals surface area contributed by atoms with E-state index in [1.807, 2.05) is 14.1 Å². The van der Waals surface area contributed by atoms with Crippen molar-refractivity contribution >= 4 is 0 Å². The summed E-state index contributed by atoms with van der Waals surface area (Å²) in [7, 11) is 4.07. The monoisotopic (exact) mass is 144 g/mol. The molecule has 0 saturated heterocycles. The predicted octanol–water partition coefficient (Wildman–Crippen LogP) is 1.59. The number of hydrogen-bond donors (Lipinski definition) is 0. The Morgan fingerprint density at radius 1 is 1.50 bits per heavy atom. The Morgan fingerprint density at radius 3 is 2.30 bits per heavy atom. The maximum atomic E-state index is 5.46. The Labute approximate surface area is 63.6 Å². The van der Waals surface area contributed by atoms with Crippen LogP contribution in [0.25, 0.3) is 0 Å². The van der Waals surface area contributed by atoms with Crippen LogP contribution in [0.5, 0.6) is 0 Å². The average Bonchev–Trinajstić information content (AvgIpc) is 1.84. The lowest BCUT2D eigenvalue weighted by Crippen LogP contribution is -2.45. The highest BCUT2D eigenvalue weighted by molar-refractivity contribution is 4.62. The number of quaternary nitrogens is 1. The molecule has 0 amide bonds. The zero-order valence-electron chi connectivity index (χ0n) is 7.42. The van der Waals surface area contributed by atoms with E-state index in [1.54, 1.807) is 6.08 Å². The molecule has 0 atom stereocenters. The highest BCUT2D eigenvalue weighted by atomic mass is 16.7. The van der Waals surface area contributed by atoms with Gasteiger partial charge in [0.05, 0.1) is 14.1 Å². The van der Waals surface area contributed by atoms with Crippen molar-refractivity contribution in [1.29, 1.82) is 0 Å². The van der Waals surface area contributed by atoms with E-state index in [2.05, 4.69) is 20.4 Å². The van der Waals surface area contributed by atoms with Crippen LogP contribution in [0.15, 0.2) is 12.7 Å². The molecule has 0 aliphatic rings. The highest BCUT2D eigenvalue weighted by Gasteiger charge is 2.20. The van der Waals surface area contributed by atoms with E-state index in [9.17, 15) is 0 Å². The molecule has 0 aromatic carbocycles. The SMILES string of the molecule is C=CCO[N+](C)(C)C(C)C. The van der Waals surface area contributed by atoms with Gasteiger partial charge < -0.3 is 0 Å². The molecule has 0 aliphatic heterocycles. The van der Waals surface area contributed by atoms with Crippen LogP contribution in [-0.4, -0.2) is 31.4 Å². The number of rotatable bonds is 4. The van der Waals surface area contributed by atoms with Crippen LogP contribution in [0.3, 0.4) is 0 Å². The zero-order chi connectivity index (χ0) is 8.20. The summed E-state index contributed by atoms with van der Waals surface area (Å²) >= 11 is 0. The van der Waals surface area contributed by atoms with E-state index in [1.165, 1.54) is 0 Å². The highest BCUT2D eigenvalue weighted by Crippen LogP contribution is 2.05. The summed E-state index contributed by atoms with van der Waals surface area (Å²) in [5.41, 5.74) is 0. The van der Waals surface area contributed by atoms with Crippen molar-refractivity contribution in [3.8, 4) is 0 Å². The summed E-state index contributed by atoms with van der Waals surface area (Å²) in [5, 5.41) is 0. The summed E-state index contributed by atoms with van der Waals surface area (Å²) in [6.07, 6.45) is 1.77. The van der Waals surface area contributed by atoms with Gasteiger partial charge in [0.25, 0.3) is 0 Å². The van der Waals surface area contributed by atoms with Crippen molar-refractivity contribution in [2.45, 2.75) is 19.9 Å². The first-order chi connectivity index (χ1) is 4.50. The molecular weight excluding hydrogens is 126 g/mol. The molecule has 0 radical (unpaired) electrons. The lowest BCUT2D eigenvalue weighted by atomic mass is 10.4. The summed E-state index contributed by atoms with van der Waals surface area (Å²) in [6.45, 7) is 8.46. The van der Waals surface area contributed by atoms with Gasteiger partial charge in [-0.15, -0.1) is 6.58 Å². The molecule has 0 aromatic rings. The number of hydrogen-bond acceptors (Lipinski definition) is 1. The Kier molecular flexibility index (Phi) is 3.61. The summed E-state index contributed by atoms with van der Waals surface area (Å²) < 4.78 is 0.589. The lowest BCUT2D eigenvalue weighted by Gasteiger charge is -2.30. The molecule has 10 heavy (non-hydrogen) atoms. The fourth-order valence-electron chi connectivity index (χ4n) is 0.394. The average molecular weight is 144 g/mol. The fourth-order valence-corrected chi connectivity index (χ4v) is 0.394. The number of hydroxylamine groups is 3. The standard InChI is InChI=1S/C8H18NO/c1-6-7-10-9(4,5)8(2)3/h6,8H,1,7H2,2-5H3/q+1. The van der Waals surface area contributed by atoms with E-state index in [0.29, 0.717) is 17.3 Å². The van der Waals surface area contributed by atoms with Gasteiger partial charge in [0.15, 0.2) is 0 Å². The second-order valence-corrected chi connectivity index (χ2v) is 3.11. The van der Waals surface area contributed by atoms with E-state index in [0.717, 1.165) is 0 Å². The molecule has 2 heteroatoms. The van der Waals surface area contributed by atoms with Gasteiger partial charge in [-0.05, 0) is 13.8 Å². The van der Waals surface area contributed by atoms with Gasteiger partial charge in [0, 0.05) is 0 Å². The zero-order valence-corrected chi connectivity index (χ0v) is 7.42. The minimum absolute atomic E-state index is 0.486. The van der Waals surface area contributed by atoms with Gasteiger partial charge in [-0.2, -0.15) is 9.48 Å². The first-order valence-electron chi connectivity index (χ1n) is 3.60. The minimum Gasteiger partial charge on any atom is -0.199 e. The van der Waals surface area contributed by atoms with Crippen LogP contribution in [-0.2, 0) is 4.84 Å². The smallest absolute Gasteiger partial charge is 0.124 e. The first kappa shape index (κ1) is 9.66. The molecule has 0 heterocycles. The van der Waals surface area contributed by atoms with Crippen LogP contribution in [0, 0.1) is 0 Å². The Balaban J connectivity index is 3.74. The molecule has 0 unspecified atom stereocenters. The molecule has 0 fully saturated rings. The third-order valence-electron chi connectivity index (χ3n) is 1.77. The van der Waals surface area contributed by atoms with Crippen molar-refractivity contribution in [1.82, 2.24) is 0 Å². The van der Waals surface area contributed by atoms with Gasteiger partial charge in [-0.3, -0.25) is 0 Å². The van der Waals surface area contributed by atoms with Crippen LogP contribution < -0.4 is 0 Å². The van der Waals surface area contributed by atoms with Crippen molar-refractivity contribution < 1.29 is 9.48 Å². The molecule has 0 bridgehead atoms. The summed E-state index contributed by atoms with van der Waals surface area (Å²) in [6, 6.07) is 0.486. The second-order valence-electron chi connectivity index (χ2n) is 3.11. The molecule has 2 nitrogen and oxygen atoms in total. The van der Waals surface area contributed by atoms with Gasteiger partial charge >= 0.3 is 0 Å². The molecule has 0 aromatic heterocycles. The van der Waals surface area contributed by atoms with E-state index in [-0.39, 0.29) is 0 Å². The van der Waals surface area contributed by atoms with Gasteiger partial charge in [0.2, 0.25) is 0 Å². The second kappa shape index (κ2) is 3.74. The lowest BCUT2D eigenvalue weighted by molar-refractivity contribution is -1.09. The number of nitrogens with zero attached hydrogens (tertiary/aromatic N) is 1. The van der Waals surface area contributed by atoms with E-state index < -0.39 is 0 Å². The molecule has 0 aliphatic carbocycles. The van der Waals surface area contributed by atoms with Crippen molar-refractivity contribution in [3.63, 3.8) is 0 Å². The van der Waals surface area contributed by atoms with Gasteiger partial charge in [-0.1, -0.05) is 6.08 Å². The van der Waals surface area contributed by atoms with Crippen LogP contribution >= 0.6 is 0 Å². The first-order valence-corrected chi connectivity index (χ1v) is 3.60. The third kappa shape index (κ3) is 2.99. The molecule has 0 spiro atoms. The Hall–Kier alpha value is -0.340. The maximum Gasteiger partial charge on any atom is 0.124 e. The molecule has 0 rings (SSSR count). The molecule has 0 N–H and O–H groups in total. The summed E-state index contributed by atoms with van der Waals surface area (Å²) in [4.78, 5) is 5.46. The molecule has 0 saturated carbocycles. The van der Waals surface area contributed by atoms with Crippen molar-refractivity contribution in [3.05, 3.63) is 12.7 Å². The van der Waals surface area contributed by atoms with Crippen molar-refractivity contribution in [2.24, 2.45) is 0 Å². The topological polar surface area (TPSA) is 9.23 Å². The fraction of sp³-hybridized carbons (Fsp3) is 0.750.